The summed E-state index contributed by atoms with van der Waals surface area (Å²) in [5, 5.41) is 15.8. The zero-order valence-electron chi connectivity index (χ0n) is 12.9. The molecule has 0 spiro atoms. The number of nitrogens with zero attached hydrogens (tertiary/aromatic N) is 4. The van der Waals surface area contributed by atoms with Gasteiger partial charge in [-0.3, -0.25) is 0 Å². The molecule has 0 aliphatic carbocycles. The highest BCUT2D eigenvalue weighted by molar-refractivity contribution is 5.43. The minimum absolute atomic E-state index is 0.0283. The largest absolute Gasteiger partial charge is 0.489 e. The van der Waals surface area contributed by atoms with E-state index in [2.05, 4.69) is 20.6 Å². The van der Waals surface area contributed by atoms with E-state index in [-0.39, 0.29) is 6.10 Å². The highest BCUT2D eigenvalue weighted by atomic mass is 16.5. The number of benzene rings is 1. The molecule has 1 aromatic carbocycles. The van der Waals surface area contributed by atoms with E-state index in [9.17, 15) is 0 Å². The van der Waals surface area contributed by atoms with Crippen LogP contribution in [0.5, 0.6) is 5.75 Å². The van der Waals surface area contributed by atoms with Gasteiger partial charge in [0.15, 0.2) is 11.5 Å². The lowest BCUT2D eigenvalue weighted by Gasteiger charge is -2.17. The van der Waals surface area contributed by atoms with Crippen LogP contribution in [0.4, 0.5) is 5.82 Å². The summed E-state index contributed by atoms with van der Waals surface area (Å²) in [5.41, 5.74) is 1.88. The molecule has 0 saturated carbocycles. The molecular formula is C16H19N5O. The molecule has 0 aliphatic rings. The molecule has 1 atom stereocenters. The molecule has 0 saturated heterocycles. The number of para-hydroxylation sites is 1. The lowest BCUT2D eigenvalue weighted by Crippen LogP contribution is -2.23. The molecule has 6 heteroatoms. The Morgan fingerprint density at radius 1 is 1.14 bits per heavy atom. The highest BCUT2D eigenvalue weighted by Gasteiger charge is 2.08. The summed E-state index contributed by atoms with van der Waals surface area (Å²) < 4.78 is 7.66. The van der Waals surface area contributed by atoms with Gasteiger partial charge in [0.05, 0.1) is 6.54 Å². The van der Waals surface area contributed by atoms with Gasteiger partial charge in [-0.1, -0.05) is 18.2 Å². The van der Waals surface area contributed by atoms with E-state index in [0.717, 1.165) is 28.6 Å². The van der Waals surface area contributed by atoms with Crippen molar-refractivity contribution < 1.29 is 4.74 Å². The van der Waals surface area contributed by atoms with E-state index in [0.29, 0.717) is 6.54 Å². The maximum atomic E-state index is 5.94. The number of aryl methyl sites for hydroxylation is 2. The van der Waals surface area contributed by atoms with Crippen LogP contribution in [0.3, 0.4) is 0 Å². The number of rotatable bonds is 5. The third kappa shape index (κ3) is 3.00. The van der Waals surface area contributed by atoms with Crippen molar-refractivity contribution in [1.82, 2.24) is 19.8 Å². The van der Waals surface area contributed by atoms with Crippen LogP contribution in [0.25, 0.3) is 5.65 Å². The number of nitrogens with one attached hydrogen (secondary N) is 1. The van der Waals surface area contributed by atoms with Crippen molar-refractivity contribution in [2.45, 2.75) is 26.9 Å². The summed E-state index contributed by atoms with van der Waals surface area (Å²) in [6.07, 6.45) is 0.0283. The van der Waals surface area contributed by atoms with Crippen LogP contribution in [-0.2, 0) is 0 Å². The molecule has 0 bridgehead atoms. The van der Waals surface area contributed by atoms with Gasteiger partial charge in [-0.2, -0.15) is 4.52 Å². The number of anilines is 1. The molecule has 114 valence electrons. The van der Waals surface area contributed by atoms with Crippen LogP contribution in [0, 0.1) is 13.8 Å². The van der Waals surface area contributed by atoms with Crippen molar-refractivity contribution in [3.8, 4) is 5.75 Å². The lowest BCUT2D eigenvalue weighted by molar-refractivity contribution is 0.233. The number of hydrogen-bond acceptors (Lipinski definition) is 5. The third-order valence-electron chi connectivity index (χ3n) is 3.41. The second kappa shape index (κ2) is 6.01. The maximum Gasteiger partial charge on any atom is 0.178 e. The van der Waals surface area contributed by atoms with Gasteiger partial charge >= 0.3 is 0 Å². The van der Waals surface area contributed by atoms with E-state index in [4.69, 9.17) is 4.74 Å². The van der Waals surface area contributed by atoms with Crippen LogP contribution < -0.4 is 10.1 Å². The third-order valence-corrected chi connectivity index (χ3v) is 3.41. The molecule has 1 N–H and O–H groups in total. The molecular weight excluding hydrogens is 278 g/mol. The second-order valence-electron chi connectivity index (χ2n) is 5.31. The van der Waals surface area contributed by atoms with Crippen molar-refractivity contribution in [3.63, 3.8) is 0 Å². The molecule has 0 fully saturated rings. The van der Waals surface area contributed by atoms with Crippen LogP contribution in [-0.4, -0.2) is 32.5 Å². The molecule has 2 heterocycles. The Kier molecular flexibility index (Phi) is 3.91. The molecule has 22 heavy (non-hydrogen) atoms. The molecule has 0 unspecified atom stereocenters. The SMILES string of the molecule is Cc1ccccc1O[C@@H](C)CNc1ccc2nnc(C)n2n1. The summed E-state index contributed by atoms with van der Waals surface area (Å²) >= 11 is 0. The van der Waals surface area contributed by atoms with Gasteiger partial charge in [0.25, 0.3) is 0 Å². The number of ether oxygens (including phenoxy) is 1. The van der Waals surface area contributed by atoms with Crippen LogP contribution in [0.1, 0.15) is 18.3 Å². The fourth-order valence-electron chi connectivity index (χ4n) is 2.19. The van der Waals surface area contributed by atoms with E-state index < -0.39 is 0 Å². The maximum absolute atomic E-state index is 5.94. The Morgan fingerprint density at radius 2 is 1.95 bits per heavy atom. The summed E-state index contributed by atoms with van der Waals surface area (Å²) in [6, 6.07) is 11.8. The van der Waals surface area contributed by atoms with Crippen LogP contribution in [0.2, 0.25) is 0 Å². The van der Waals surface area contributed by atoms with E-state index in [1.54, 1.807) is 4.52 Å². The van der Waals surface area contributed by atoms with E-state index in [1.165, 1.54) is 0 Å². The van der Waals surface area contributed by atoms with Crippen molar-refractivity contribution in [2.75, 3.05) is 11.9 Å². The zero-order valence-corrected chi connectivity index (χ0v) is 12.9. The summed E-state index contributed by atoms with van der Waals surface area (Å²) in [6.45, 7) is 6.61. The van der Waals surface area contributed by atoms with E-state index >= 15 is 0 Å². The van der Waals surface area contributed by atoms with Gasteiger partial charge in [-0.05, 0) is 44.5 Å². The first-order valence-corrected chi connectivity index (χ1v) is 7.29. The fraction of sp³-hybridized carbons (Fsp3) is 0.312. The molecule has 3 rings (SSSR count). The van der Waals surface area contributed by atoms with Crippen molar-refractivity contribution in [2.24, 2.45) is 0 Å². The summed E-state index contributed by atoms with van der Waals surface area (Å²) in [5.74, 6) is 2.45. The zero-order chi connectivity index (χ0) is 15.5. The predicted octanol–water partition coefficient (Wildman–Crippen LogP) is 2.62. The van der Waals surface area contributed by atoms with Crippen molar-refractivity contribution in [1.29, 1.82) is 0 Å². The monoisotopic (exact) mass is 297 g/mol. The first-order chi connectivity index (χ1) is 10.6. The first kappa shape index (κ1) is 14.3. The average Bonchev–Trinajstić information content (AvgIpc) is 2.89. The highest BCUT2D eigenvalue weighted by Crippen LogP contribution is 2.18. The van der Waals surface area contributed by atoms with Gasteiger partial charge in [0, 0.05) is 0 Å². The molecule has 0 radical (unpaired) electrons. The van der Waals surface area contributed by atoms with Gasteiger partial charge in [0.1, 0.15) is 17.7 Å². The number of aromatic nitrogens is 4. The lowest BCUT2D eigenvalue weighted by atomic mass is 10.2. The fourth-order valence-corrected chi connectivity index (χ4v) is 2.19. The first-order valence-electron chi connectivity index (χ1n) is 7.29. The number of fused-ring (bicyclic) bond motifs is 1. The molecule has 2 aromatic heterocycles. The quantitative estimate of drug-likeness (QED) is 0.784. The Bertz CT molecular complexity index is 783. The molecule has 0 amide bonds. The van der Waals surface area contributed by atoms with Crippen LogP contribution >= 0.6 is 0 Å². The molecule has 6 nitrogen and oxygen atoms in total. The molecule has 3 aromatic rings. The smallest absolute Gasteiger partial charge is 0.178 e. The summed E-state index contributed by atoms with van der Waals surface area (Å²) in [4.78, 5) is 0. The van der Waals surface area contributed by atoms with Gasteiger partial charge in [-0.15, -0.1) is 15.3 Å². The Morgan fingerprint density at radius 3 is 2.77 bits per heavy atom. The average molecular weight is 297 g/mol. The standard InChI is InChI=1S/C16H19N5O/c1-11-6-4-5-7-14(11)22-12(2)10-17-15-8-9-16-19-18-13(3)21(16)20-15/h4-9,12H,10H2,1-3H3,(H,17,20)/t12-/m0/s1. The van der Waals surface area contributed by atoms with Crippen molar-refractivity contribution >= 4 is 11.5 Å². The van der Waals surface area contributed by atoms with Crippen LogP contribution in [0.15, 0.2) is 36.4 Å². The van der Waals surface area contributed by atoms with Gasteiger partial charge in [0.2, 0.25) is 0 Å². The number of hydrogen-bond donors (Lipinski definition) is 1. The Labute approximate surface area is 129 Å². The predicted molar refractivity (Wildman–Crippen MR) is 85.3 cm³/mol. The minimum atomic E-state index is 0.0283. The second-order valence-corrected chi connectivity index (χ2v) is 5.31. The van der Waals surface area contributed by atoms with Gasteiger partial charge < -0.3 is 10.1 Å². The Balaban J connectivity index is 1.63. The summed E-state index contributed by atoms with van der Waals surface area (Å²) in [7, 11) is 0. The molecule has 0 aliphatic heterocycles. The normalized spacial score (nSPS) is 12.3. The minimum Gasteiger partial charge on any atom is -0.489 e. The van der Waals surface area contributed by atoms with Gasteiger partial charge in [-0.25, -0.2) is 0 Å². The van der Waals surface area contributed by atoms with Crippen molar-refractivity contribution in [3.05, 3.63) is 47.8 Å². The topological polar surface area (TPSA) is 64.3 Å². The van der Waals surface area contributed by atoms with E-state index in [1.807, 2.05) is 57.2 Å². The Hall–Kier alpha value is -2.63.